The molecule has 1 heterocycles. The number of halogens is 2. The van der Waals surface area contributed by atoms with Crippen LogP contribution in [0.25, 0.3) is 0 Å². The molecule has 0 fully saturated rings. The minimum Gasteiger partial charge on any atom is -0.371 e. The monoisotopic (exact) mass is 457 g/mol. The number of pyridine rings is 1. The van der Waals surface area contributed by atoms with E-state index in [-0.39, 0.29) is 54.1 Å². The Balaban J connectivity index is 0.00000420. The fraction of sp³-hybridized carbons (Fsp3) is 0.400. The molecule has 0 saturated carbocycles. The Morgan fingerprint density at radius 2 is 2.00 bits per heavy atom. The number of benzene rings is 1. The summed E-state index contributed by atoms with van der Waals surface area (Å²) >= 11 is 0. The molecule has 0 saturated heterocycles. The number of aromatic nitrogens is 1. The fourth-order valence-electron chi connectivity index (χ4n) is 2.85. The van der Waals surface area contributed by atoms with E-state index in [1.54, 1.807) is 24.4 Å². The van der Waals surface area contributed by atoms with Gasteiger partial charge in [-0.2, -0.15) is 0 Å². The highest BCUT2D eigenvalue weighted by Crippen LogP contribution is 2.29. The van der Waals surface area contributed by atoms with Crippen molar-refractivity contribution in [1.29, 1.82) is 0 Å². The molecule has 0 bridgehead atoms. The summed E-state index contributed by atoms with van der Waals surface area (Å²) in [5.41, 5.74) is 6.89. The molecule has 2 atom stereocenters. The van der Waals surface area contributed by atoms with Crippen molar-refractivity contribution < 1.29 is 9.72 Å². The molecule has 8 nitrogen and oxygen atoms in total. The van der Waals surface area contributed by atoms with Crippen LogP contribution in [0.15, 0.2) is 42.6 Å². The minimum atomic E-state index is -0.498. The Hall–Kier alpha value is -2.42. The van der Waals surface area contributed by atoms with Crippen LogP contribution in [0.1, 0.15) is 55.2 Å². The fourth-order valence-corrected chi connectivity index (χ4v) is 2.85. The molecule has 2 rings (SSSR count). The quantitative estimate of drug-likeness (QED) is 0.361. The average Bonchev–Trinajstić information content (AvgIpc) is 2.71. The van der Waals surface area contributed by atoms with Gasteiger partial charge in [0.2, 0.25) is 0 Å². The highest BCUT2D eigenvalue weighted by Gasteiger charge is 2.20. The lowest BCUT2D eigenvalue weighted by Crippen LogP contribution is -2.40. The molecule has 1 amide bonds. The largest absolute Gasteiger partial charge is 0.371 e. The number of nitrogens with one attached hydrogen (secondary N) is 2. The number of nitro benzene ring substituents is 1. The van der Waals surface area contributed by atoms with E-state index in [0.717, 1.165) is 25.0 Å². The maximum absolute atomic E-state index is 12.5. The molecule has 166 valence electrons. The molecule has 10 heteroatoms. The zero-order valence-corrected chi connectivity index (χ0v) is 18.7. The lowest BCUT2D eigenvalue weighted by molar-refractivity contribution is -0.384. The predicted octanol–water partition coefficient (Wildman–Crippen LogP) is 4.25. The number of unbranched alkanes of at least 4 members (excludes halogenated alkanes) is 1. The number of nitrogens with two attached hydrogens (primary N) is 1. The van der Waals surface area contributed by atoms with E-state index in [1.165, 1.54) is 6.07 Å². The van der Waals surface area contributed by atoms with Crippen molar-refractivity contribution in [1.82, 2.24) is 10.3 Å². The smallest absolute Gasteiger partial charge is 0.293 e. The van der Waals surface area contributed by atoms with Crippen LogP contribution in [0.4, 0.5) is 11.4 Å². The molecule has 0 radical (unpaired) electrons. The molecule has 30 heavy (non-hydrogen) atoms. The third-order valence-corrected chi connectivity index (χ3v) is 4.49. The number of carbonyl (C=O) groups excluding carboxylic acids is 1. The number of nitrogens with zero attached hydrogens (tertiary/aromatic N) is 2. The van der Waals surface area contributed by atoms with Gasteiger partial charge in [0, 0.05) is 30.4 Å². The summed E-state index contributed by atoms with van der Waals surface area (Å²) in [7, 11) is 0. The van der Waals surface area contributed by atoms with Gasteiger partial charge in [-0.15, -0.1) is 24.8 Å². The first-order valence-electron chi connectivity index (χ1n) is 9.43. The van der Waals surface area contributed by atoms with Gasteiger partial charge >= 0.3 is 0 Å². The summed E-state index contributed by atoms with van der Waals surface area (Å²) in [6, 6.07) is 9.55. The van der Waals surface area contributed by atoms with Crippen LogP contribution in [-0.2, 0) is 0 Å². The van der Waals surface area contributed by atoms with Crippen molar-refractivity contribution in [3.63, 3.8) is 0 Å². The summed E-state index contributed by atoms with van der Waals surface area (Å²) in [6.45, 7) is 4.26. The molecule has 0 aliphatic heterocycles. The lowest BCUT2D eigenvalue weighted by Gasteiger charge is -2.17. The lowest BCUT2D eigenvalue weighted by atomic mass is 10.1. The number of amides is 1. The van der Waals surface area contributed by atoms with Crippen LogP contribution in [0.2, 0.25) is 0 Å². The van der Waals surface area contributed by atoms with E-state index in [4.69, 9.17) is 5.73 Å². The number of rotatable bonds is 10. The van der Waals surface area contributed by atoms with E-state index in [0.29, 0.717) is 12.2 Å². The number of nitro groups is 1. The maximum Gasteiger partial charge on any atom is 0.293 e. The average molecular weight is 458 g/mol. The van der Waals surface area contributed by atoms with Gasteiger partial charge in [-0.1, -0.05) is 25.8 Å². The normalized spacial score (nSPS) is 12.0. The summed E-state index contributed by atoms with van der Waals surface area (Å²) < 4.78 is 0. The summed E-state index contributed by atoms with van der Waals surface area (Å²) in [6.07, 6.45) is 4.41. The van der Waals surface area contributed by atoms with Gasteiger partial charge < -0.3 is 16.4 Å². The van der Waals surface area contributed by atoms with Crippen molar-refractivity contribution in [2.45, 2.75) is 45.2 Å². The van der Waals surface area contributed by atoms with E-state index < -0.39 is 4.92 Å². The molecule has 2 aromatic rings. The molecule has 2 unspecified atom stereocenters. The molecular formula is C20H29Cl2N5O3. The van der Waals surface area contributed by atoms with Gasteiger partial charge in [0.05, 0.1) is 16.7 Å². The van der Waals surface area contributed by atoms with Gasteiger partial charge in [-0.25, -0.2) is 0 Å². The first kappa shape index (κ1) is 27.6. The van der Waals surface area contributed by atoms with Crippen molar-refractivity contribution in [2.75, 3.05) is 11.9 Å². The van der Waals surface area contributed by atoms with Gasteiger partial charge in [-0.3, -0.25) is 19.9 Å². The standard InChI is InChI=1S/C20H27N5O3.2ClH/c1-3-4-7-16(13-21)24-20(26)15-9-10-18(19(12-15)25(27)28)23-14(2)17-8-5-6-11-22-17;;/h5-6,8-12,14,16,23H,3-4,7,13,21H2,1-2H3,(H,24,26);2*1H. The van der Waals surface area contributed by atoms with E-state index in [2.05, 4.69) is 22.5 Å². The number of carbonyl (C=O) groups is 1. The van der Waals surface area contributed by atoms with Crippen LogP contribution in [0, 0.1) is 10.1 Å². The number of anilines is 1. The summed E-state index contributed by atoms with van der Waals surface area (Å²) in [5.74, 6) is -0.362. The van der Waals surface area contributed by atoms with Gasteiger partial charge in [0.25, 0.3) is 11.6 Å². The second-order valence-corrected chi connectivity index (χ2v) is 6.66. The second kappa shape index (κ2) is 13.7. The number of hydrogen-bond acceptors (Lipinski definition) is 6. The molecule has 1 aromatic carbocycles. The summed E-state index contributed by atoms with van der Waals surface area (Å²) in [4.78, 5) is 27.8. The number of hydrogen-bond donors (Lipinski definition) is 3. The molecular weight excluding hydrogens is 429 g/mol. The van der Waals surface area contributed by atoms with E-state index in [9.17, 15) is 14.9 Å². The molecule has 0 aliphatic carbocycles. The molecule has 1 aromatic heterocycles. The zero-order valence-electron chi connectivity index (χ0n) is 17.0. The SMILES string of the molecule is CCCCC(CN)NC(=O)c1ccc(NC(C)c2ccccn2)c([N+](=O)[O-])c1.Cl.Cl. The molecule has 0 spiro atoms. The van der Waals surface area contributed by atoms with Crippen molar-refractivity contribution in [2.24, 2.45) is 5.73 Å². The van der Waals surface area contributed by atoms with E-state index >= 15 is 0 Å². The van der Waals surface area contributed by atoms with Crippen molar-refractivity contribution in [3.05, 3.63) is 64.0 Å². The van der Waals surface area contributed by atoms with Gasteiger partial charge in [0.15, 0.2) is 0 Å². The first-order valence-corrected chi connectivity index (χ1v) is 9.43. The zero-order chi connectivity index (χ0) is 20.5. The van der Waals surface area contributed by atoms with Crippen molar-refractivity contribution >= 4 is 42.1 Å². The molecule has 0 aliphatic rings. The van der Waals surface area contributed by atoms with E-state index in [1.807, 2.05) is 19.1 Å². The minimum absolute atomic E-state index is 0. The Kier molecular flexibility index (Phi) is 12.6. The van der Waals surface area contributed by atoms with Crippen LogP contribution >= 0.6 is 24.8 Å². The Bertz CT molecular complexity index is 808. The van der Waals surface area contributed by atoms with Crippen molar-refractivity contribution in [3.8, 4) is 0 Å². The highest BCUT2D eigenvalue weighted by molar-refractivity contribution is 5.96. The molecule has 4 N–H and O–H groups in total. The summed E-state index contributed by atoms with van der Waals surface area (Å²) in [5, 5.41) is 17.5. The first-order chi connectivity index (χ1) is 13.5. The van der Waals surface area contributed by atoms with Crippen LogP contribution < -0.4 is 16.4 Å². The highest BCUT2D eigenvalue weighted by atomic mass is 35.5. The topological polar surface area (TPSA) is 123 Å². The Labute approximate surface area is 189 Å². The third-order valence-electron chi connectivity index (χ3n) is 4.49. The van der Waals surface area contributed by atoms with Gasteiger partial charge in [-0.05, 0) is 37.6 Å². The Morgan fingerprint density at radius 3 is 2.57 bits per heavy atom. The van der Waals surface area contributed by atoms with Crippen LogP contribution in [0.5, 0.6) is 0 Å². The van der Waals surface area contributed by atoms with Crippen LogP contribution in [0.3, 0.4) is 0 Å². The maximum atomic E-state index is 12.5. The second-order valence-electron chi connectivity index (χ2n) is 6.66. The Morgan fingerprint density at radius 1 is 1.27 bits per heavy atom. The van der Waals surface area contributed by atoms with Gasteiger partial charge in [0.1, 0.15) is 5.69 Å². The third kappa shape index (κ3) is 7.78. The predicted molar refractivity (Wildman–Crippen MR) is 124 cm³/mol. The van der Waals surface area contributed by atoms with Crippen LogP contribution in [-0.4, -0.2) is 28.4 Å².